The highest BCUT2D eigenvalue weighted by Gasteiger charge is 2.25. The Morgan fingerprint density at radius 1 is 1.00 bits per heavy atom. The number of nitrogens with zero attached hydrogens (tertiary/aromatic N) is 1. The lowest BCUT2D eigenvalue weighted by Crippen LogP contribution is -2.44. The maximum absolute atomic E-state index is 14.9. The van der Waals surface area contributed by atoms with Crippen molar-refractivity contribution in [3.8, 4) is 11.1 Å². The van der Waals surface area contributed by atoms with E-state index in [2.05, 4.69) is 5.32 Å². The number of anilines is 1. The van der Waals surface area contributed by atoms with Crippen molar-refractivity contribution in [1.29, 1.82) is 0 Å². The normalized spacial score (nSPS) is 14.7. The van der Waals surface area contributed by atoms with Gasteiger partial charge < -0.3 is 16.0 Å². The van der Waals surface area contributed by atoms with Crippen LogP contribution in [0.25, 0.3) is 11.1 Å². The number of benzene rings is 2. The van der Waals surface area contributed by atoms with E-state index in [4.69, 9.17) is 5.73 Å². The van der Waals surface area contributed by atoms with Crippen LogP contribution in [0.3, 0.4) is 0 Å². The monoisotopic (exact) mass is 335 g/mol. The van der Waals surface area contributed by atoms with Crippen molar-refractivity contribution >= 4 is 11.6 Å². The summed E-state index contributed by atoms with van der Waals surface area (Å²) in [6.45, 7) is 2.18. The third-order valence-corrected chi connectivity index (χ3v) is 4.06. The third kappa shape index (κ3) is 2.82. The van der Waals surface area contributed by atoms with Crippen LogP contribution in [0.2, 0.25) is 0 Å². The lowest BCUT2D eigenvalue weighted by Gasteiger charge is -2.32. The highest BCUT2D eigenvalue weighted by atomic mass is 19.2. The molecule has 1 fully saturated rings. The second-order valence-electron chi connectivity index (χ2n) is 5.53. The summed E-state index contributed by atoms with van der Waals surface area (Å²) in [5.74, 6) is -3.79. The Morgan fingerprint density at radius 2 is 1.71 bits per heavy atom. The molecule has 1 aliphatic rings. The summed E-state index contributed by atoms with van der Waals surface area (Å²) in [5, 5.41) is 3.13. The first-order valence-electron chi connectivity index (χ1n) is 7.53. The second kappa shape index (κ2) is 6.52. The first-order chi connectivity index (χ1) is 11.5. The Morgan fingerprint density at radius 3 is 2.38 bits per heavy atom. The number of primary amides is 1. The lowest BCUT2D eigenvalue weighted by atomic mass is 9.98. The molecule has 0 aliphatic carbocycles. The van der Waals surface area contributed by atoms with E-state index >= 15 is 0 Å². The van der Waals surface area contributed by atoms with Gasteiger partial charge >= 0.3 is 0 Å². The smallest absolute Gasteiger partial charge is 0.251 e. The van der Waals surface area contributed by atoms with Crippen LogP contribution in [-0.4, -0.2) is 32.1 Å². The van der Waals surface area contributed by atoms with E-state index in [1.807, 2.05) is 0 Å². The van der Waals surface area contributed by atoms with Gasteiger partial charge in [0.1, 0.15) is 0 Å². The Kier molecular flexibility index (Phi) is 4.44. The minimum atomic E-state index is -1.06. The topological polar surface area (TPSA) is 58.4 Å². The number of rotatable bonds is 3. The Labute approximate surface area is 137 Å². The molecular weight excluding hydrogens is 319 g/mol. The Balaban J connectivity index is 2.23. The number of carbonyl (C=O) groups excluding carboxylic acids is 1. The zero-order chi connectivity index (χ0) is 17.3. The van der Waals surface area contributed by atoms with Crippen molar-refractivity contribution < 1.29 is 18.0 Å². The molecule has 0 radical (unpaired) electrons. The number of hydrogen-bond donors (Lipinski definition) is 2. The predicted molar refractivity (Wildman–Crippen MR) is 85.4 cm³/mol. The van der Waals surface area contributed by atoms with Gasteiger partial charge in [-0.05, 0) is 12.1 Å². The van der Waals surface area contributed by atoms with Gasteiger partial charge in [0.05, 0.1) is 11.3 Å². The van der Waals surface area contributed by atoms with E-state index in [1.54, 1.807) is 4.90 Å². The van der Waals surface area contributed by atoms with E-state index < -0.39 is 23.4 Å². The Bertz CT molecular complexity index is 789. The minimum absolute atomic E-state index is 0.0570. The molecule has 126 valence electrons. The summed E-state index contributed by atoms with van der Waals surface area (Å²) in [4.78, 5) is 13.1. The maximum Gasteiger partial charge on any atom is 0.251 e. The zero-order valence-corrected chi connectivity index (χ0v) is 12.8. The molecule has 0 aromatic heterocycles. The van der Waals surface area contributed by atoms with Crippen LogP contribution in [0.1, 0.15) is 10.4 Å². The fourth-order valence-electron chi connectivity index (χ4n) is 2.88. The van der Waals surface area contributed by atoms with Crippen molar-refractivity contribution in [3.63, 3.8) is 0 Å². The van der Waals surface area contributed by atoms with Gasteiger partial charge in [-0.1, -0.05) is 18.2 Å². The minimum Gasteiger partial charge on any atom is -0.366 e. The standard InChI is InChI=1S/C17H16F3N3O/c18-13-3-1-2-10(14(13)19)11-4-5-12(17(21)24)15(20)16(11)23-8-6-22-7-9-23/h1-5,22H,6-9H2,(H2,21,24). The van der Waals surface area contributed by atoms with Gasteiger partial charge in [0.15, 0.2) is 17.5 Å². The summed E-state index contributed by atoms with van der Waals surface area (Å²) in [7, 11) is 0. The van der Waals surface area contributed by atoms with Crippen LogP contribution in [-0.2, 0) is 0 Å². The zero-order valence-electron chi connectivity index (χ0n) is 12.8. The molecule has 0 unspecified atom stereocenters. The third-order valence-electron chi connectivity index (χ3n) is 4.06. The molecule has 1 saturated heterocycles. The van der Waals surface area contributed by atoms with E-state index in [9.17, 15) is 18.0 Å². The number of carbonyl (C=O) groups is 1. The first kappa shape index (κ1) is 16.3. The summed E-state index contributed by atoms with van der Waals surface area (Å²) < 4.78 is 42.7. The summed E-state index contributed by atoms with van der Waals surface area (Å²) >= 11 is 0. The van der Waals surface area contributed by atoms with Crippen molar-refractivity contribution in [3.05, 3.63) is 53.3 Å². The van der Waals surface area contributed by atoms with Gasteiger partial charge in [0, 0.05) is 37.3 Å². The predicted octanol–water partition coefficient (Wildman–Crippen LogP) is 2.28. The van der Waals surface area contributed by atoms with Crippen molar-refractivity contribution in [2.24, 2.45) is 5.73 Å². The average Bonchev–Trinajstić information content (AvgIpc) is 2.57. The molecule has 3 N–H and O–H groups in total. The first-order valence-corrected chi connectivity index (χ1v) is 7.53. The van der Waals surface area contributed by atoms with E-state index in [0.29, 0.717) is 26.2 Å². The number of nitrogens with two attached hydrogens (primary N) is 1. The van der Waals surface area contributed by atoms with E-state index in [0.717, 1.165) is 6.07 Å². The van der Waals surface area contributed by atoms with Gasteiger partial charge in [-0.2, -0.15) is 0 Å². The van der Waals surface area contributed by atoms with Gasteiger partial charge in [0.2, 0.25) is 0 Å². The van der Waals surface area contributed by atoms with Gasteiger partial charge in [-0.3, -0.25) is 4.79 Å². The fourth-order valence-corrected chi connectivity index (χ4v) is 2.88. The SMILES string of the molecule is NC(=O)c1ccc(-c2cccc(F)c2F)c(N2CCNCC2)c1F. The second-order valence-corrected chi connectivity index (χ2v) is 5.53. The molecule has 1 heterocycles. The van der Waals surface area contributed by atoms with Gasteiger partial charge in [-0.25, -0.2) is 13.2 Å². The molecule has 1 amide bonds. The molecule has 7 heteroatoms. The molecule has 0 saturated carbocycles. The van der Waals surface area contributed by atoms with Crippen LogP contribution in [0.5, 0.6) is 0 Å². The molecule has 2 aromatic rings. The average molecular weight is 335 g/mol. The molecule has 2 aromatic carbocycles. The van der Waals surface area contributed by atoms with E-state index in [-0.39, 0.29) is 22.4 Å². The van der Waals surface area contributed by atoms with Crippen LogP contribution < -0.4 is 16.0 Å². The summed E-state index contributed by atoms with van der Waals surface area (Å²) in [6, 6.07) is 6.33. The molecule has 0 atom stereocenters. The van der Waals surface area contributed by atoms with Crippen LogP contribution >= 0.6 is 0 Å². The molecule has 0 bridgehead atoms. The van der Waals surface area contributed by atoms with Crippen LogP contribution in [0.4, 0.5) is 18.9 Å². The van der Waals surface area contributed by atoms with E-state index in [1.165, 1.54) is 24.3 Å². The van der Waals surface area contributed by atoms with Crippen LogP contribution in [0.15, 0.2) is 30.3 Å². The molecular formula is C17H16F3N3O. The molecule has 24 heavy (non-hydrogen) atoms. The van der Waals surface area contributed by atoms with Crippen molar-refractivity contribution in [2.45, 2.75) is 0 Å². The molecule has 0 spiro atoms. The number of piperazine rings is 1. The molecule has 3 rings (SSSR count). The fraction of sp³-hybridized carbons (Fsp3) is 0.235. The van der Waals surface area contributed by atoms with Crippen molar-refractivity contribution in [2.75, 3.05) is 31.1 Å². The quantitative estimate of drug-likeness (QED) is 0.905. The maximum atomic E-state index is 14.9. The lowest BCUT2D eigenvalue weighted by molar-refractivity contribution is 0.0996. The van der Waals surface area contributed by atoms with Crippen molar-refractivity contribution in [1.82, 2.24) is 5.32 Å². The van der Waals surface area contributed by atoms with Crippen LogP contribution in [0, 0.1) is 17.5 Å². The summed E-state index contributed by atoms with van der Waals surface area (Å²) in [6.07, 6.45) is 0. The number of amides is 1. The van der Waals surface area contributed by atoms with Gasteiger partial charge in [-0.15, -0.1) is 0 Å². The highest BCUT2D eigenvalue weighted by molar-refractivity contribution is 5.96. The molecule has 4 nitrogen and oxygen atoms in total. The number of hydrogen-bond acceptors (Lipinski definition) is 3. The summed E-state index contributed by atoms with van der Waals surface area (Å²) in [5.41, 5.74) is 5.14. The number of nitrogens with one attached hydrogen (secondary N) is 1. The largest absolute Gasteiger partial charge is 0.366 e. The highest BCUT2D eigenvalue weighted by Crippen LogP contribution is 2.37. The van der Waals surface area contributed by atoms with Gasteiger partial charge in [0.25, 0.3) is 5.91 Å². The molecule has 1 aliphatic heterocycles. The Hall–Kier alpha value is -2.54. The number of halogens is 3.